The Bertz CT molecular complexity index is 3560. The molecule has 0 unspecified atom stereocenters. The third kappa shape index (κ3) is 9.73. The molecule has 0 radical (unpaired) electrons. The van der Waals surface area contributed by atoms with Crippen molar-refractivity contribution in [1.82, 2.24) is 0 Å². The number of carbonyl (C=O) groups is 4. The van der Waals surface area contributed by atoms with Crippen LogP contribution < -0.4 is 20.0 Å². The highest BCUT2D eigenvalue weighted by molar-refractivity contribution is 6.05. The number of benzene rings is 4. The monoisotopic (exact) mass is 1100 g/mol. The van der Waals surface area contributed by atoms with Gasteiger partial charge in [0.2, 0.25) is 11.4 Å². The first-order valence-corrected chi connectivity index (χ1v) is 28.0. The smallest absolute Gasteiger partial charge is 0.335 e. The summed E-state index contributed by atoms with van der Waals surface area (Å²) in [6.45, 7) is 17.1. The average molecular weight is 1100 g/mol. The van der Waals surface area contributed by atoms with Crippen LogP contribution in [0.25, 0.3) is 0 Å². The molecule has 12 heteroatoms. The molecule has 4 aliphatic heterocycles. The van der Waals surface area contributed by atoms with E-state index in [2.05, 4.69) is 123 Å². The summed E-state index contributed by atoms with van der Waals surface area (Å²) in [5.41, 5.74) is 17.7. The Balaban J connectivity index is 0.00000810. The summed E-state index contributed by atoms with van der Waals surface area (Å²) in [7, 11) is 8.15. The zero-order valence-electron chi connectivity index (χ0n) is 48.6. The summed E-state index contributed by atoms with van der Waals surface area (Å²) in [5, 5.41) is 44.1. The maximum Gasteiger partial charge on any atom is 0.335 e. The number of rotatable bonds is 12. The molecule has 6 aliphatic rings. The van der Waals surface area contributed by atoms with E-state index < -0.39 is 45.5 Å². The predicted molar refractivity (Wildman–Crippen MR) is 323 cm³/mol. The van der Waals surface area contributed by atoms with Crippen molar-refractivity contribution < 1.29 is 48.8 Å². The van der Waals surface area contributed by atoms with Crippen molar-refractivity contribution in [3.05, 3.63) is 211 Å². The van der Waals surface area contributed by atoms with Gasteiger partial charge in [-0.1, -0.05) is 59.4 Å². The summed E-state index contributed by atoms with van der Waals surface area (Å²) in [4.78, 5) is 52.9. The van der Waals surface area contributed by atoms with Crippen molar-refractivity contribution >= 4 is 58.1 Å². The second-order valence-corrected chi connectivity index (χ2v) is 24.7. The van der Waals surface area contributed by atoms with E-state index in [9.17, 15) is 39.6 Å². The number of carbonyl (C=O) groups excluding carboxylic acids is 2. The van der Waals surface area contributed by atoms with Crippen molar-refractivity contribution in [3.8, 4) is 0 Å². The highest BCUT2D eigenvalue weighted by Gasteiger charge is 2.45. The number of hydrogen-bond acceptors (Lipinski definition) is 8. The lowest BCUT2D eigenvalue weighted by atomic mass is 9.76. The lowest BCUT2D eigenvalue weighted by Crippen LogP contribution is -2.27. The fourth-order valence-electron chi connectivity index (χ4n) is 13.9. The van der Waals surface area contributed by atoms with Gasteiger partial charge in [0.15, 0.2) is 11.4 Å². The highest BCUT2D eigenvalue weighted by Crippen LogP contribution is 2.50. The molecule has 12 nitrogen and oxygen atoms in total. The van der Waals surface area contributed by atoms with Crippen molar-refractivity contribution in [1.29, 1.82) is 0 Å². The molecule has 0 bridgehead atoms. The molecule has 0 atom stereocenters. The average Bonchev–Trinajstić information content (AvgIpc) is 2.58. The SMILES string of the molecule is C.CN1C(=CC=C2CCCC(C=CC3=[N+](C)c4ccc(C(=O)[O-])cc4C3(C)C)=C2CC2=C(C=CC3=[N+](C)c4ccc(C(=O)[O-])cc4C3(C)C)CCCC2=CC=C2N(C)c3ccc(C(=O)O)cc3C2(C)C)C(C)(C)c2cc(C(=O)O)ccc21. The maximum absolute atomic E-state index is 12.2. The second-order valence-electron chi connectivity index (χ2n) is 24.7. The minimum absolute atomic E-state index is 0. The van der Waals surface area contributed by atoms with Gasteiger partial charge in [-0.15, -0.1) is 0 Å². The van der Waals surface area contributed by atoms with E-state index in [4.69, 9.17) is 0 Å². The normalized spacial score (nSPS) is 21.4. The summed E-state index contributed by atoms with van der Waals surface area (Å²) >= 11 is 0. The van der Waals surface area contributed by atoms with E-state index in [1.807, 2.05) is 52.5 Å². The van der Waals surface area contributed by atoms with Crippen LogP contribution in [-0.2, 0) is 21.7 Å². The number of carboxylic acid groups (broad SMARTS) is 4. The van der Waals surface area contributed by atoms with E-state index >= 15 is 0 Å². The molecule has 2 N–H and O–H groups in total. The van der Waals surface area contributed by atoms with Crippen LogP contribution in [0, 0.1) is 0 Å². The lowest BCUT2D eigenvalue weighted by molar-refractivity contribution is -0.401. The molecular formula is C70H76N4O8. The molecule has 0 fully saturated rings. The van der Waals surface area contributed by atoms with Crippen LogP contribution in [0.1, 0.15) is 171 Å². The Morgan fingerprint density at radius 1 is 0.500 bits per heavy atom. The fourth-order valence-corrected chi connectivity index (χ4v) is 13.9. The molecular weight excluding hydrogens is 1020 g/mol. The molecule has 0 saturated heterocycles. The Morgan fingerprint density at radius 3 is 1.21 bits per heavy atom. The van der Waals surface area contributed by atoms with Gasteiger partial charge in [0.1, 0.15) is 14.1 Å². The van der Waals surface area contributed by atoms with Gasteiger partial charge >= 0.3 is 11.9 Å². The van der Waals surface area contributed by atoms with E-state index in [1.165, 1.54) is 33.4 Å². The third-order valence-electron chi connectivity index (χ3n) is 18.6. The predicted octanol–water partition coefficient (Wildman–Crippen LogP) is 12.1. The largest absolute Gasteiger partial charge is 0.545 e. The molecule has 0 aromatic heterocycles. The van der Waals surface area contributed by atoms with E-state index in [1.54, 1.807) is 48.5 Å². The van der Waals surface area contributed by atoms with E-state index in [0.717, 1.165) is 106 Å². The van der Waals surface area contributed by atoms with Crippen LogP contribution in [-0.4, -0.2) is 82.9 Å². The standard InChI is InChI=1S/C69H72N4O8.CH4/c1-66(2)50-35-44(62(74)75)19-27-54(50)70(9)58(66)31-23-40-15-13-16-41(24-32-59-67(3,4)51-36-45(63(76)77)20-28-55(51)71(59)10)48(40)39-49-42(25-33-60-68(5,6)52-37-46(64(78)79)21-29-56(52)72(60)11)17-14-18-43(49)26-34-61-69(7,8)53-38-47(65(80)81)22-30-57(53)73(61)12;/h19-38H,13-18,39H2,1-12H3,(H2-2,74,75,76,77,78,79,80,81);1H4. The number of hydrogen-bond donors (Lipinski definition) is 2. The molecule has 2 aliphatic carbocycles. The third-order valence-corrected chi connectivity index (χ3v) is 18.6. The first-order valence-electron chi connectivity index (χ1n) is 28.0. The summed E-state index contributed by atoms with van der Waals surface area (Å²) in [6, 6.07) is 21.1. The highest BCUT2D eigenvalue weighted by atomic mass is 16.4. The maximum atomic E-state index is 12.2. The van der Waals surface area contributed by atoms with E-state index in [0.29, 0.717) is 6.42 Å². The Morgan fingerprint density at radius 2 is 0.854 bits per heavy atom. The molecule has 0 amide bonds. The van der Waals surface area contributed by atoms with Crippen LogP contribution in [0.2, 0.25) is 0 Å². The molecule has 0 spiro atoms. The van der Waals surface area contributed by atoms with Crippen molar-refractivity contribution in [3.63, 3.8) is 0 Å². The fraction of sp³-hybridized carbons (Fsp3) is 0.343. The number of aromatic carboxylic acids is 4. The van der Waals surface area contributed by atoms with Gasteiger partial charge < -0.3 is 39.8 Å². The van der Waals surface area contributed by atoms with Gasteiger partial charge in [0, 0.05) is 83.1 Å². The Kier molecular flexibility index (Phi) is 15.1. The summed E-state index contributed by atoms with van der Waals surface area (Å²) in [5.74, 6) is -4.35. The first-order chi connectivity index (χ1) is 38.2. The van der Waals surface area contributed by atoms with Crippen molar-refractivity contribution in [2.75, 3.05) is 38.0 Å². The lowest BCUT2D eigenvalue weighted by Gasteiger charge is -2.28. The topological polar surface area (TPSA) is 167 Å². The summed E-state index contributed by atoms with van der Waals surface area (Å²) in [6.07, 6.45) is 23.7. The van der Waals surface area contributed by atoms with Crippen LogP contribution in [0.5, 0.6) is 0 Å². The Labute approximate surface area is 482 Å². The van der Waals surface area contributed by atoms with Gasteiger partial charge in [0.05, 0.1) is 33.9 Å². The van der Waals surface area contributed by atoms with Crippen LogP contribution in [0.3, 0.4) is 0 Å². The molecule has 4 aromatic rings. The molecule has 82 heavy (non-hydrogen) atoms. The van der Waals surface area contributed by atoms with Gasteiger partial charge in [-0.3, -0.25) is 0 Å². The minimum Gasteiger partial charge on any atom is -0.545 e. The van der Waals surface area contributed by atoms with Gasteiger partial charge in [-0.25, -0.2) is 9.59 Å². The van der Waals surface area contributed by atoms with Gasteiger partial charge in [-0.2, -0.15) is 9.15 Å². The zero-order valence-corrected chi connectivity index (χ0v) is 48.6. The van der Waals surface area contributed by atoms with Crippen LogP contribution in [0.4, 0.5) is 22.7 Å². The molecule has 424 valence electrons. The van der Waals surface area contributed by atoms with E-state index in [-0.39, 0.29) is 29.7 Å². The molecule has 10 rings (SSSR count). The second kappa shape index (κ2) is 21.2. The number of fused-ring (bicyclic) bond motifs is 4. The summed E-state index contributed by atoms with van der Waals surface area (Å²) < 4.78 is 4.31. The number of carboxylic acids is 4. The number of nitrogens with zero attached hydrogens (tertiary/aromatic N) is 4. The number of allylic oxidation sites excluding steroid dienone is 16. The van der Waals surface area contributed by atoms with Gasteiger partial charge in [0.25, 0.3) is 0 Å². The quantitative estimate of drug-likeness (QED) is 0.130. The number of likely N-dealkylation sites (N-methyl/N-ethyl adjacent to an activating group) is 2. The minimum atomic E-state index is -1.21. The molecule has 0 saturated carbocycles. The Hall–Kier alpha value is -8.38. The van der Waals surface area contributed by atoms with Crippen molar-refractivity contribution in [2.45, 2.75) is 129 Å². The number of anilines is 2. The van der Waals surface area contributed by atoms with Crippen LogP contribution in [0.15, 0.2) is 166 Å². The zero-order chi connectivity index (χ0) is 58.4. The van der Waals surface area contributed by atoms with Gasteiger partial charge in [-0.05, 0) is 201 Å². The van der Waals surface area contributed by atoms with Crippen molar-refractivity contribution in [2.24, 2.45) is 0 Å². The van der Waals surface area contributed by atoms with Crippen LogP contribution >= 0.6 is 0 Å². The molecule has 4 aromatic carbocycles. The molecule has 4 heterocycles. The first kappa shape index (κ1) is 58.3.